The van der Waals surface area contributed by atoms with Gasteiger partial charge in [0.15, 0.2) is 0 Å². The Bertz CT molecular complexity index is 1410. The molecule has 1 atom stereocenters. The second-order valence-electron chi connectivity index (χ2n) is 9.30. The van der Waals surface area contributed by atoms with Crippen molar-refractivity contribution >= 4 is 22.3 Å². The number of aromatic nitrogens is 2. The minimum absolute atomic E-state index is 0.0260. The molecule has 0 aliphatic carbocycles. The monoisotopic (exact) mass is 456 g/mol. The third-order valence-corrected chi connectivity index (χ3v) is 6.73. The highest BCUT2D eigenvalue weighted by Gasteiger charge is 2.34. The van der Waals surface area contributed by atoms with Crippen molar-refractivity contribution in [3.8, 4) is 0 Å². The summed E-state index contributed by atoms with van der Waals surface area (Å²) in [7, 11) is 0. The fourth-order valence-corrected chi connectivity index (χ4v) is 5.19. The van der Waals surface area contributed by atoms with Gasteiger partial charge >= 0.3 is 0 Å². The number of amidine groups is 1. The lowest BCUT2D eigenvalue weighted by atomic mass is 9.96. The van der Waals surface area contributed by atoms with Crippen LogP contribution in [-0.2, 0) is 6.54 Å². The van der Waals surface area contributed by atoms with Crippen molar-refractivity contribution in [3.05, 3.63) is 132 Å². The van der Waals surface area contributed by atoms with Crippen LogP contribution in [0.1, 0.15) is 29.7 Å². The Kier molecular flexibility index (Phi) is 5.63. The summed E-state index contributed by atoms with van der Waals surface area (Å²) >= 11 is 0. The van der Waals surface area contributed by atoms with E-state index in [9.17, 15) is 0 Å². The molecule has 2 heterocycles. The number of hydrogen-bond acceptors (Lipinski definition) is 2. The number of benzene rings is 4. The van der Waals surface area contributed by atoms with Gasteiger partial charge in [-0.05, 0) is 28.5 Å². The first-order chi connectivity index (χ1) is 17.3. The first-order valence-electron chi connectivity index (χ1n) is 12.2. The molecule has 4 nitrogen and oxygen atoms in total. The SMILES string of the molecule is CC(CN=C1c2cccc3cccc(c23)N1C(c1ccccc1)c1ccccc1)Cn1ccnc1. The van der Waals surface area contributed by atoms with Gasteiger partial charge < -0.3 is 9.47 Å². The van der Waals surface area contributed by atoms with Crippen LogP contribution in [0, 0.1) is 5.92 Å². The van der Waals surface area contributed by atoms with Crippen LogP contribution in [-0.4, -0.2) is 21.9 Å². The Balaban J connectivity index is 1.49. The van der Waals surface area contributed by atoms with E-state index in [0.29, 0.717) is 5.92 Å². The van der Waals surface area contributed by atoms with Crippen molar-refractivity contribution < 1.29 is 0 Å². The Morgan fingerprint density at radius 3 is 2.14 bits per heavy atom. The van der Waals surface area contributed by atoms with E-state index >= 15 is 0 Å². The molecule has 0 amide bonds. The lowest BCUT2D eigenvalue weighted by molar-refractivity contribution is 0.492. The van der Waals surface area contributed by atoms with Gasteiger partial charge in [0.1, 0.15) is 5.84 Å². The molecule has 1 aromatic heterocycles. The minimum Gasteiger partial charge on any atom is -0.337 e. The van der Waals surface area contributed by atoms with E-state index in [1.807, 2.05) is 18.7 Å². The van der Waals surface area contributed by atoms with Crippen molar-refractivity contribution in [2.45, 2.75) is 19.5 Å². The topological polar surface area (TPSA) is 33.4 Å². The maximum absolute atomic E-state index is 5.31. The molecule has 6 rings (SSSR count). The van der Waals surface area contributed by atoms with Crippen molar-refractivity contribution in [2.75, 3.05) is 11.4 Å². The predicted molar refractivity (Wildman–Crippen MR) is 144 cm³/mol. The van der Waals surface area contributed by atoms with Gasteiger partial charge in [-0.15, -0.1) is 0 Å². The van der Waals surface area contributed by atoms with E-state index in [-0.39, 0.29) is 6.04 Å². The van der Waals surface area contributed by atoms with Gasteiger partial charge in [0.05, 0.1) is 18.1 Å². The van der Waals surface area contributed by atoms with Crippen molar-refractivity contribution in [2.24, 2.45) is 10.9 Å². The standard InChI is InChI=1S/C31H28N4/c1-23(21-34-19-18-32-22-34)20-33-31-27-16-8-14-24-15-9-17-28(29(24)27)35(31)30(25-10-4-2-5-11-25)26-12-6-3-7-13-26/h2-19,22-23,30H,20-21H2,1H3. The summed E-state index contributed by atoms with van der Waals surface area (Å²) in [5, 5.41) is 2.54. The van der Waals surface area contributed by atoms with Gasteiger partial charge in [-0.2, -0.15) is 0 Å². The molecular formula is C31H28N4. The molecular weight excluding hydrogens is 428 g/mol. The van der Waals surface area contributed by atoms with Crippen molar-refractivity contribution in [3.63, 3.8) is 0 Å². The first-order valence-corrected chi connectivity index (χ1v) is 12.2. The van der Waals surface area contributed by atoms with Gasteiger partial charge in [0.2, 0.25) is 0 Å². The van der Waals surface area contributed by atoms with Gasteiger partial charge in [0.25, 0.3) is 0 Å². The molecule has 0 N–H and O–H groups in total. The Hall–Kier alpha value is -4.18. The minimum atomic E-state index is 0.0260. The first kappa shape index (κ1) is 21.4. The van der Waals surface area contributed by atoms with E-state index in [1.54, 1.807) is 0 Å². The van der Waals surface area contributed by atoms with E-state index in [4.69, 9.17) is 4.99 Å². The normalized spacial score (nSPS) is 14.8. The van der Waals surface area contributed by atoms with Crippen LogP contribution in [0.25, 0.3) is 10.8 Å². The molecule has 0 radical (unpaired) electrons. The molecule has 4 heteroatoms. The summed E-state index contributed by atoms with van der Waals surface area (Å²) in [6.07, 6.45) is 5.73. The average molecular weight is 457 g/mol. The number of nitrogens with zero attached hydrogens (tertiary/aromatic N) is 4. The fraction of sp³-hybridized carbons (Fsp3) is 0.161. The van der Waals surface area contributed by atoms with E-state index in [2.05, 4.69) is 118 Å². The molecule has 5 aromatic rings. The molecule has 35 heavy (non-hydrogen) atoms. The average Bonchev–Trinajstić information content (AvgIpc) is 3.52. The lowest BCUT2D eigenvalue weighted by Crippen LogP contribution is -2.33. The van der Waals surface area contributed by atoms with Crippen molar-refractivity contribution in [1.29, 1.82) is 0 Å². The molecule has 0 spiro atoms. The van der Waals surface area contributed by atoms with Crippen molar-refractivity contribution in [1.82, 2.24) is 9.55 Å². The molecule has 0 bridgehead atoms. The van der Waals surface area contributed by atoms with E-state index < -0.39 is 0 Å². The van der Waals surface area contributed by atoms with Gasteiger partial charge in [-0.1, -0.05) is 97.9 Å². The quantitative estimate of drug-likeness (QED) is 0.272. The van der Waals surface area contributed by atoms with Crippen LogP contribution in [0.15, 0.2) is 121 Å². The highest BCUT2D eigenvalue weighted by molar-refractivity contribution is 6.27. The molecule has 1 aliphatic rings. The van der Waals surface area contributed by atoms with Crippen LogP contribution < -0.4 is 4.90 Å². The third kappa shape index (κ3) is 4.01. The number of rotatable bonds is 7. The molecule has 172 valence electrons. The fourth-order valence-electron chi connectivity index (χ4n) is 5.19. The van der Waals surface area contributed by atoms with Crippen LogP contribution in [0.2, 0.25) is 0 Å². The summed E-state index contributed by atoms with van der Waals surface area (Å²) in [5.41, 5.74) is 4.94. The second-order valence-corrected chi connectivity index (χ2v) is 9.30. The summed E-state index contributed by atoms with van der Waals surface area (Å²) < 4.78 is 2.13. The summed E-state index contributed by atoms with van der Waals surface area (Å²) in [6.45, 7) is 3.89. The Morgan fingerprint density at radius 1 is 0.800 bits per heavy atom. The number of anilines is 1. The van der Waals surface area contributed by atoms with Crippen LogP contribution in [0.3, 0.4) is 0 Å². The zero-order chi connectivity index (χ0) is 23.6. The van der Waals surface area contributed by atoms with Gasteiger partial charge in [0, 0.05) is 36.4 Å². The summed E-state index contributed by atoms with van der Waals surface area (Å²) in [4.78, 5) is 11.9. The largest absolute Gasteiger partial charge is 0.337 e. The molecule has 0 fully saturated rings. The third-order valence-electron chi connectivity index (χ3n) is 6.73. The molecule has 1 aliphatic heterocycles. The van der Waals surface area contributed by atoms with Crippen LogP contribution in [0.4, 0.5) is 5.69 Å². The second kappa shape index (κ2) is 9.22. The zero-order valence-electron chi connectivity index (χ0n) is 19.8. The summed E-state index contributed by atoms with van der Waals surface area (Å²) in [6, 6.07) is 34.7. The van der Waals surface area contributed by atoms with Gasteiger partial charge in [-0.25, -0.2) is 4.98 Å². The number of hydrogen-bond donors (Lipinski definition) is 0. The summed E-state index contributed by atoms with van der Waals surface area (Å²) in [5.74, 6) is 1.43. The molecule has 0 saturated heterocycles. The maximum atomic E-state index is 5.31. The van der Waals surface area contributed by atoms with Gasteiger partial charge in [-0.3, -0.25) is 4.99 Å². The molecule has 1 unspecified atom stereocenters. The molecule has 4 aromatic carbocycles. The number of imidazole rings is 1. The number of aliphatic imine (C=N–C) groups is 1. The highest BCUT2D eigenvalue weighted by Crippen LogP contribution is 2.44. The smallest absolute Gasteiger partial charge is 0.137 e. The molecule has 0 saturated carbocycles. The Labute approximate surface area is 206 Å². The van der Waals surface area contributed by atoms with Crippen LogP contribution >= 0.6 is 0 Å². The highest BCUT2D eigenvalue weighted by atomic mass is 15.2. The maximum Gasteiger partial charge on any atom is 0.137 e. The van der Waals surface area contributed by atoms with E-state index in [1.165, 1.54) is 33.2 Å². The lowest BCUT2D eigenvalue weighted by Gasteiger charge is -2.32. The predicted octanol–water partition coefficient (Wildman–Crippen LogP) is 6.73. The van der Waals surface area contributed by atoms with Crippen LogP contribution in [0.5, 0.6) is 0 Å². The van der Waals surface area contributed by atoms with E-state index in [0.717, 1.165) is 18.9 Å². The Morgan fingerprint density at radius 2 is 1.49 bits per heavy atom. The zero-order valence-corrected chi connectivity index (χ0v) is 19.8.